The molecule has 0 bridgehead atoms. The zero-order valence-corrected chi connectivity index (χ0v) is 19.8. The molecule has 1 heterocycles. The Morgan fingerprint density at radius 1 is 1.09 bits per heavy atom. The number of ether oxygens (including phenoxy) is 2. The average molecular weight is 497 g/mol. The number of hydrogen-bond donors (Lipinski definition) is 1. The first-order chi connectivity index (χ1) is 16.0. The fourth-order valence-corrected chi connectivity index (χ4v) is 5.80. The van der Waals surface area contributed by atoms with Gasteiger partial charge >= 0.3 is 5.97 Å². The molecule has 2 atom stereocenters. The monoisotopic (exact) mass is 496 g/mol. The molecule has 1 saturated heterocycles. The van der Waals surface area contributed by atoms with E-state index in [2.05, 4.69) is 5.32 Å². The Hall–Kier alpha value is -3.05. The van der Waals surface area contributed by atoms with E-state index in [0.717, 1.165) is 30.7 Å². The molecule has 1 amide bonds. The van der Waals surface area contributed by atoms with Crippen molar-refractivity contribution in [3.05, 3.63) is 53.6 Å². The number of carbonyl (C=O) groups excluding carboxylic acids is 2. The first-order valence-corrected chi connectivity index (χ1v) is 12.1. The highest BCUT2D eigenvalue weighted by Gasteiger charge is 2.34. The number of piperidine rings is 1. The summed E-state index contributed by atoms with van der Waals surface area (Å²) in [6.07, 6.45) is 0.914. The number of benzene rings is 2. The molecular weight excluding hydrogens is 470 g/mol. The smallest absolute Gasteiger partial charge is 0.338 e. The number of rotatable bonds is 7. The molecule has 11 heteroatoms. The zero-order valence-electron chi connectivity index (χ0n) is 19.0. The highest BCUT2D eigenvalue weighted by atomic mass is 32.2. The Bertz CT molecular complexity index is 1180. The summed E-state index contributed by atoms with van der Waals surface area (Å²) in [6.45, 7) is 3.86. The summed E-state index contributed by atoms with van der Waals surface area (Å²) in [5.41, 5.74) is -0.508. The molecule has 0 spiro atoms. The van der Waals surface area contributed by atoms with E-state index in [1.165, 1.54) is 23.5 Å². The van der Waals surface area contributed by atoms with Crippen molar-refractivity contribution in [2.24, 2.45) is 11.8 Å². The van der Waals surface area contributed by atoms with Gasteiger partial charge in [-0.3, -0.25) is 4.79 Å². The van der Waals surface area contributed by atoms with Gasteiger partial charge in [-0.15, -0.1) is 0 Å². The molecule has 1 aliphatic heterocycles. The van der Waals surface area contributed by atoms with Crippen molar-refractivity contribution < 1.29 is 36.3 Å². The Balaban J connectivity index is 1.75. The lowest BCUT2D eigenvalue weighted by atomic mass is 9.94. The number of nitrogens with zero attached hydrogens (tertiary/aromatic N) is 1. The van der Waals surface area contributed by atoms with Gasteiger partial charge in [-0.1, -0.05) is 13.8 Å². The van der Waals surface area contributed by atoms with E-state index in [0.29, 0.717) is 13.1 Å². The molecule has 34 heavy (non-hydrogen) atoms. The van der Waals surface area contributed by atoms with Gasteiger partial charge in [-0.05, 0) is 48.6 Å². The molecule has 0 saturated carbocycles. The summed E-state index contributed by atoms with van der Waals surface area (Å²) in [7, 11) is -2.64. The lowest BCUT2D eigenvalue weighted by Gasteiger charge is -2.34. The van der Waals surface area contributed by atoms with Gasteiger partial charge in [0.05, 0.1) is 18.4 Å². The third-order valence-corrected chi connectivity index (χ3v) is 7.24. The van der Waals surface area contributed by atoms with Crippen LogP contribution in [0.3, 0.4) is 0 Å². The number of anilines is 1. The fraction of sp³-hybridized carbons (Fsp3) is 0.391. The Kier molecular flexibility index (Phi) is 7.88. The van der Waals surface area contributed by atoms with Crippen molar-refractivity contribution >= 4 is 27.6 Å². The van der Waals surface area contributed by atoms with Crippen LogP contribution in [-0.4, -0.2) is 51.4 Å². The standard InChI is InChI=1S/C23H26F2N2O6S/c1-14-8-15(2)12-27(11-14)34(30,31)21-9-16(4-7-20(21)32-3)23(29)33-13-22(28)26-19-10-17(24)5-6-18(19)25/h4-7,9-10,14-15H,8,11-13H2,1-3H3,(H,26,28). The minimum atomic E-state index is -3.96. The molecule has 1 aliphatic rings. The topological polar surface area (TPSA) is 102 Å². The molecule has 0 radical (unpaired) electrons. The number of nitrogens with one attached hydrogen (secondary N) is 1. The Morgan fingerprint density at radius 2 is 1.76 bits per heavy atom. The van der Waals surface area contributed by atoms with E-state index < -0.39 is 45.8 Å². The van der Waals surface area contributed by atoms with Crippen LogP contribution in [0.5, 0.6) is 5.75 Å². The third-order valence-electron chi connectivity index (χ3n) is 5.39. The lowest BCUT2D eigenvalue weighted by Crippen LogP contribution is -2.42. The van der Waals surface area contributed by atoms with Gasteiger partial charge in [-0.25, -0.2) is 22.0 Å². The van der Waals surface area contributed by atoms with Crippen LogP contribution in [0.25, 0.3) is 0 Å². The average Bonchev–Trinajstić information content (AvgIpc) is 2.78. The molecule has 3 rings (SSSR count). The van der Waals surface area contributed by atoms with Crippen LogP contribution in [0.4, 0.5) is 14.5 Å². The number of methoxy groups -OCH3 is 1. The Labute approximate surface area is 196 Å². The second-order valence-electron chi connectivity index (χ2n) is 8.38. The SMILES string of the molecule is COc1ccc(C(=O)OCC(=O)Nc2cc(F)ccc2F)cc1S(=O)(=O)N1CC(C)CC(C)C1. The van der Waals surface area contributed by atoms with Gasteiger partial charge < -0.3 is 14.8 Å². The van der Waals surface area contributed by atoms with Crippen LogP contribution in [0.1, 0.15) is 30.6 Å². The molecule has 2 aromatic rings. The number of carbonyl (C=O) groups is 2. The van der Waals surface area contributed by atoms with Gasteiger partial charge in [0.2, 0.25) is 10.0 Å². The first kappa shape index (κ1) is 25.6. The number of amides is 1. The number of hydrogen-bond acceptors (Lipinski definition) is 6. The van der Waals surface area contributed by atoms with Crippen LogP contribution in [0.15, 0.2) is 41.3 Å². The van der Waals surface area contributed by atoms with Crippen molar-refractivity contribution in [1.82, 2.24) is 4.31 Å². The van der Waals surface area contributed by atoms with Gasteiger partial charge in [0.1, 0.15) is 22.3 Å². The normalized spacial score (nSPS) is 18.9. The first-order valence-electron chi connectivity index (χ1n) is 10.6. The Morgan fingerprint density at radius 3 is 2.41 bits per heavy atom. The molecule has 0 aliphatic carbocycles. The predicted molar refractivity (Wildman–Crippen MR) is 120 cm³/mol. The van der Waals surface area contributed by atoms with E-state index in [4.69, 9.17) is 9.47 Å². The third kappa shape index (κ3) is 5.89. The van der Waals surface area contributed by atoms with E-state index in [-0.39, 0.29) is 28.0 Å². The van der Waals surface area contributed by atoms with Gasteiger partial charge in [0, 0.05) is 19.2 Å². The maximum absolute atomic E-state index is 13.7. The molecular formula is C23H26F2N2O6S. The molecule has 1 N–H and O–H groups in total. The predicted octanol–water partition coefficient (Wildman–Crippen LogP) is 3.44. The summed E-state index contributed by atoms with van der Waals surface area (Å²) in [4.78, 5) is 24.3. The van der Waals surface area contributed by atoms with Crippen molar-refractivity contribution in [2.45, 2.75) is 25.2 Å². The van der Waals surface area contributed by atoms with E-state index >= 15 is 0 Å². The van der Waals surface area contributed by atoms with Crippen LogP contribution < -0.4 is 10.1 Å². The summed E-state index contributed by atoms with van der Waals surface area (Å²) in [5, 5.41) is 2.11. The fourth-order valence-electron chi connectivity index (χ4n) is 3.94. The van der Waals surface area contributed by atoms with Gasteiger partial charge in [0.25, 0.3) is 5.91 Å². The van der Waals surface area contributed by atoms with Gasteiger partial charge in [-0.2, -0.15) is 4.31 Å². The number of esters is 1. The van der Waals surface area contributed by atoms with Gasteiger partial charge in [0.15, 0.2) is 6.61 Å². The van der Waals surface area contributed by atoms with Crippen LogP contribution >= 0.6 is 0 Å². The lowest BCUT2D eigenvalue weighted by molar-refractivity contribution is -0.119. The second-order valence-corrected chi connectivity index (χ2v) is 10.3. The van der Waals surface area contributed by atoms with Crippen molar-refractivity contribution in [3.63, 3.8) is 0 Å². The molecule has 184 valence electrons. The minimum Gasteiger partial charge on any atom is -0.495 e. The number of sulfonamides is 1. The zero-order chi connectivity index (χ0) is 25.0. The minimum absolute atomic E-state index is 0.0711. The number of halogens is 2. The van der Waals surface area contributed by atoms with Crippen molar-refractivity contribution in [1.29, 1.82) is 0 Å². The van der Waals surface area contributed by atoms with Crippen LogP contribution in [0, 0.1) is 23.5 Å². The quantitative estimate of drug-likeness (QED) is 0.590. The molecule has 0 aromatic heterocycles. The highest BCUT2D eigenvalue weighted by Crippen LogP contribution is 2.32. The van der Waals surface area contributed by atoms with Crippen LogP contribution in [0.2, 0.25) is 0 Å². The highest BCUT2D eigenvalue weighted by molar-refractivity contribution is 7.89. The van der Waals surface area contributed by atoms with Crippen molar-refractivity contribution in [3.8, 4) is 5.75 Å². The van der Waals surface area contributed by atoms with Crippen molar-refractivity contribution in [2.75, 3.05) is 32.1 Å². The molecule has 2 aromatic carbocycles. The second kappa shape index (κ2) is 10.5. The maximum atomic E-state index is 13.7. The molecule has 2 unspecified atom stereocenters. The molecule has 1 fully saturated rings. The van der Waals surface area contributed by atoms with E-state index in [1.807, 2.05) is 13.8 Å². The molecule has 8 nitrogen and oxygen atoms in total. The largest absolute Gasteiger partial charge is 0.495 e. The maximum Gasteiger partial charge on any atom is 0.338 e. The summed E-state index contributed by atoms with van der Waals surface area (Å²) < 4.78 is 65.1. The van der Waals surface area contributed by atoms with E-state index in [9.17, 15) is 26.8 Å². The van der Waals surface area contributed by atoms with Crippen LogP contribution in [-0.2, 0) is 19.6 Å². The summed E-state index contributed by atoms with van der Waals surface area (Å²) in [6, 6.07) is 6.32. The van der Waals surface area contributed by atoms with E-state index in [1.54, 1.807) is 0 Å². The summed E-state index contributed by atoms with van der Waals surface area (Å²) >= 11 is 0. The summed E-state index contributed by atoms with van der Waals surface area (Å²) in [5.74, 6) is -3.03.